The Morgan fingerprint density at radius 1 is 1.15 bits per heavy atom. The van der Waals surface area contributed by atoms with E-state index in [4.69, 9.17) is 5.73 Å². The van der Waals surface area contributed by atoms with Gasteiger partial charge in [-0.25, -0.2) is 0 Å². The van der Waals surface area contributed by atoms with Gasteiger partial charge in [0.1, 0.15) is 0 Å². The summed E-state index contributed by atoms with van der Waals surface area (Å²) < 4.78 is 1.01. The molecule has 0 aliphatic carbocycles. The van der Waals surface area contributed by atoms with E-state index in [-0.39, 0.29) is 5.91 Å². The van der Waals surface area contributed by atoms with E-state index in [1.807, 2.05) is 38.1 Å². The van der Waals surface area contributed by atoms with Gasteiger partial charge in [0.2, 0.25) is 0 Å². The fourth-order valence-electron chi connectivity index (χ4n) is 1.97. The molecule has 0 unspecified atom stereocenters. The van der Waals surface area contributed by atoms with Crippen molar-refractivity contribution in [2.75, 3.05) is 5.73 Å². The highest BCUT2D eigenvalue weighted by molar-refractivity contribution is 9.10. The molecule has 0 aliphatic heterocycles. The smallest absolute Gasteiger partial charge is 0.252 e. The standard InChI is InChI=1S/C16H17BrN2O/c1-16(2,12-6-8-13(17)9-7-12)19-15(20)11-4-3-5-14(18)10-11/h3-10H,18H2,1-2H3,(H,19,20). The van der Waals surface area contributed by atoms with Gasteiger partial charge in [-0.2, -0.15) is 0 Å². The van der Waals surface area contributed by atoms with Crippen molar-refractivity contribution in [3.8, 4) is 0 Å². The molecule has 0 atom stereocenters. The maximum atomic E-state index is 12.3. The molecule has 0 aliphatic rings. The van der Waals surface area contributed by atoms with E-state index in [0.717, 1.165) is 10.0 Å². The molecule has 3 N–H and O–H groups in total. The third kappa shape index (κ3) is 3.39. The van der Waals surface area contributed by atoms with E-state index in [1.54, 1.807) is 24.3 Å². The molecule has 2 rings (SSSR count). The summed E-state index contributed by atoms with van der Waals surface area (Å²) in [5, 5.41) is 3.03. The number of halogens is 1. The van der Waals surface area contributed by atoms with Gasteiger partial charge in [-0.15, -0.1) is 0 Å². The molecular formula is C16H17BrN2O. The van der Waals surface area contributed by atoms with Crippen molar-refractivity contribution in [3.63, 3.8) is 0 Å². The highest BCUT2D eigenvalue weighted by Gasteiger charge is 2.23. The van der Waals surface area contributed by atoms with Crippen LogP contribution in [0, 0.1) is 0 Å². The molecule has 2 aromatic rings. The van der Waals surface area contributed by atoms with Crippen molar-refractivity contribution >= 4 is 27.5 Å². The molecule has 0 radical (unpaired) electrons. The lowest BCUT2D eigenvalue weighted by Gasteiger charge is -2.27. The number of amides is 1. The van der Waals surface area contributed by atoms with E-state index in [1.165, 1.54) is 0 Å². The van der Waals surface area contributed by atoms with Crippen LogP contribution in [0.3, 0.4) is 0 Å². The number of rotatable bonds is 3. The summed E-state index contributed by atoms with van der Waals surface area (Å²) in [6.07, 6.45) is 0. The molecule has 0 aromatic heterocycles. The lowest BCUT2D eigenvalue weighted by Crippen LogP contribution is -2.41. The Balaban J connectivity index is 2.19. The first-order valence-corrected chi connectivity index (χ1v) is 7.12. The SMILES string of the molecule is CC(C)(NC(=O)c1cccc(N)c1)c1ccc(Br)cc1. The van der Waals surface area contributed by atoms with Gasteiger partial charge < -0.3 is 11.1 Å². The number of carbonyl (C=O) groups is 1. The van der Waals surface area contributed by atoms with E-state index >= 15 is 0 Å². The summed E-state index contributed by atoms with van der Waals surface area (Å²) in [5.74, 6) is -0.134. The second kappa shape index (κ2) is 5.67. The Bertz CT molecular complexity index is 621. The summed E-state index contributed by atoms with van der Waals surface area (Å²) in [6, 6.07) is 14.9. The van der Waals surface area contributed by atoms with Crippen molar-refractivity contribution < 1.29 is 4.79 Å². The predicted octanol–water partition coefficient (Wildman–Crippen LogP) is 3.70. The third-order valence-corrected chi connectivity index (χ3v) is 3.67. The highest BCUT2D eigenvalue weighted by Crippen LogP contribution is 2.22. The van der Waals surface area contributed by atoms with Gasteiger partial charge in [0.05, 0.1) is 5.54 Å². The molecule has 0 fully saturated rings. The minimum absolute atomic E-state index is 0.134. The molecule has 1 amide bonds. The number of nitrogens with one attached hydrogen (secondary N) is 1. The van der Waals surface area contributed by atoms with E-state index in [9.17, 15) is 4.79 Å². The second-order valence-electron chi connectivity index (χ2n) is 5.21. The average Bonchev–Trinajstić information content (AvgIpc) is 2.38. The van der Waals surface area contributed by atoms with Crippen LogP contribution in [-0.2, 0) is 5.54 Å². The van der Waals surface area contributed by atoms with Crippen LogP contribution in [0.15, 0.2) is 53.0 Å². The summed E-state index contributed by atoms with van der Waals surface area (Å²) in [5.41, 5.74) is 7.43. The first kappa shape index (κ1) is 14.6. The number of hydrogen-bond acceptors (Lipinski definition) is 2. The number of nitrogens with two attached hydrogens (primary N) is 1. The molecule has 0 bridgehead atoms. The summed E-state index contributed by atoms with van der Waals surface area (Å²) >= 11 is 3.41. The van der Waals surface area contributed by atoms with E-state index in [0.29, 0.717) is 11.3 Å². The van der Waals surface area contributed by atoms with Crippen LogP contribution in [0.5, 0.6) is 0 Å². The lowest BCUT2D eigenvalue weighted by atomic mass is 9.94. The van der Waals surface area contributed by atoms with Crippen LogP contribution < -0.4 is 11.1 Å². The van der Waals surface area contributed by atoms with Crippen LogP contribution in [0.2, 0.25) is 0 Å². The Morgan fingerprint density at radius 2 is 1.80 bits per heavy atom. The Morgan fingerprint density at radius 3 is 2.40 bits per heavy atom. The third-order valence-electron chi connectivity index (χ3n) is 3.14. The maximum Gasteiger partial charge on any atom is 0.252 e. The zero-order valence-electron chi connectivity index (χ0n) is 11.5. The minimum atomic E-state index is -0.456. The fourth-order valence-corrected chi connectivity index (χ4v) is 2.24. The first-order chi connectivity index (χ1) is 9.38. The summed E-state index contributed by atoms with van der Waals surface area (Å²) in [6.45, 7) is 3.95. The van der Waals surface area contributed by atoms with Crippen molar-refractivity contribution in [3.05, 3.63) is 64.1 Å². The van der Waals surface area contributed by atoms with Crippen molar-refractivity contribution in [2.24, 2.45) is 0 Å². The number of anilines is 1. The second-order valence-corrected chi connectivity index (χ2v) is 6.13. The van der Waals surface area contributed by atoms with Crippen molar-refractivity contribution in [2.45, 2.75) is 19.4 Å². The van der Waals surface area contributed by atoms with Crippen molar-refractivity contribution in [1.82, 2.24) is 5.32 Å². The van der Waals surface area contributed by atoms with Gasteiger partial charge >= 0.3 is 0 Å². The molecule has 0 spiro atoms. The number of hydrogen-bond donors (Lipinski definition) is 2. The van der Waals surface area contributed by atoms with Gasteiger partial charge in [0, 0.05) is 15.7 Å². The fraction of sp³-hybridized carbons (Fsp3) is 0.188. The molecule has 4 heteroatoms. The highest BCUT2D eigenvalue weighted by atomic mass is 79.9. The number of carbonyl (C=O) groups excluding carboxylic acids is 1. The summed E-state index contributed by atoms with van der Waals surface area (Å²) in [4.78, 5) is 12.3. The molecule has 0 saturated carbocycles. The zero-order chi connectivity index (χ0) is 14.8. The number of nitrogen functional groups attached to an aromatic ring is 1. The van der Waals surface area contributed by atoms with Gasteiger partial charge in [0.15, 0.2) is 0 Å². The average molecular weight is 333 g/mol. The first-order valence-electron chi connectivity index (χ1n) is 6.32. The van der Waals surface area contributed by atoms with Crippen LogP contribution >= 0.6 is 15.9 Å². The van der Waals surface area contributed by atoms with Crippen LogP contribution in [0.1, 0.15) is 29.8 Å². The monoisotopic (exact) mass is 332 g/mol. The maximum absolute atomic E-state index is 12.3. The topological polar surface area (TPSA) is 55.1 Å². The van der Waals surface area contributed by atoms with Gasteiger partial charge in [-0.1, -0.05) is 34.1 Å². The van der Waals surface area contributed by atoms with Crippen LogP contribution in [0.4, 0.5) is 5.69 Å². The molecular weight excluding hydrogens is 316 g/mol. The Labute approximate surface area is 127 Å². The molecule has 0 heterocycles. The summed E-state index contributed by atoms with van der Waals surface area (Å²) in [7, 11) is 0. The van der Waals surface area contributed by atoms with Gasteiger partial charge in [-0.3, -0.25) is 4.79 Å². The molecule has 20 heavy (non-hydrogen) atoms. The normalized spacial score (nSPS) is 11.2. The van der Waals surface area contributed by atoms with Crippen LogP contribution in [-0.4, -0.2) is 5.91 Å². The number of benzene rings is 2. The molecule has 104 valence electrons. The van der Waals surface area contributed by atoms with Gasteiger partial charge in [-0.05, 0) is 49.7 Å². The zero-order valence-corrected chi connectivity index (χ0v) is 13.1. The van der Waals surface area contributed by atoms with Gasteiger partial charge in [0.25, 0.3) is 5.91 Å². The van der Waals surface area contributed by atoms with Crippen molar-refractivity contribution in [1.29, 1.82) is 0 Å². The molecule has 3 nitrogen and oxygen atoms in total. The lowest BCUT2D eigenvalue weighted by molar-refractivity contribution is 0.0912. The quantitative estimate of drug-likeness (QED) is 0.842. The predicted molar refractivity (Wildman–Crippen MR) is 85.5 cm³/mol. The largest absolute Gasteiger partial charge is 0.399 e. The molecule has 0 saturated heterocycles. The Kier molecular flexibility index (Phi) is 4.14. The Hall–Kier alpha value is -1.81. The van der Waals surface area contributed by atoms with Crippen LogP contribution in [0.25, 0.3) is 0 Å². The minimum Gasteiger partial charge on any atom is -0.399 e. The molecule has 2 aromatic carbocycles. The van der Waals surface area contributed by atoms with E-state index in [2.05, 4.69) is 21.2 Å². The van der Waals surface area contributed by atoms with E-state index < -0.39 is 5.54 Å².